The van der Waals surface area contributed by atoms with Crippen LogP contribution in [0, 0.1) is 27.2 Å². The third-order valence-corrected chi connectivity index (χ3v) is 15.0. The number of carbonyl (C=O) groups excluding carboxylic acids is 10. The first-order chi connectivity index (χ1) is 51.1. The van der Waals surface area contributed by atoms with Crippen LogP contribution in [0.15, 0.2) is 217 Å². The topological polar surface area (TPSA) is 395 Å². The molecule has 6 heterocycles. The van der Waals surface area contributed by atoms with Crippen LogP contribution in [0.4, 0.5) is 11.4 Å². The maximum atomic E-state index is 11.9. The summed E-state index contributed by atoms with van der Waals surface area (Å²) in [7, 11) is 4.93. The number of nitrogens with zero attached hydrogens (tertiary/aromatic N) is 2. The number of nitro benzene ring substituents is 2. The monoisotopic (exact) mass is 1470 g/mol. The van der Waals surface area contributed by atoms with E-state index in [1.165, 1.54) is 94.7 Å². The van der Waals surface area contributed by atoms with Crippen molar-refractivity contribution in [1.82, 2.24) is 0 Å². The predicted molar refractivity (Wildman–Crippen MR) is 372 cm³/mol. The summed E-state index contributed by atoms with van der Waals surface area (Å²) in [5, 5.41) is 21.7. The second-order valence-electron chi connectivity index (χ2n) is 22.5. The summed E-state index contributed by atoms with van der Waals surface area (Å²) in [6.45, 7) is 10.2. The molecule has 0 spiro atoms. The van der Waals surface area contributed by atoms with Crippen molar-refractivity contribution in [3.8, 4) is 0 Å². The molecule has 11 rings (SSSR count). The lowest BCUT2D eigenvalue weighted by atomic mass is 9.99. The fourth-order valence-corrected chi connectivity index (χ4v) is 9.22. The van der Waals surface area contributed by atoms with Gasteiger partial charge in [0.05, 0.1) is 43.8 Å². The van der Waals surface area contributed by atoms with Crippen molar-refractivity contribution < 1.29 is 129 Å². The Morgan fingerprint density at radius 3 is 1.10 bits per heavy atom. The zero-order valence-electron chi connectivity index (χ0n) is 58.7. The standard InChI is InChI=1S/C16H16O5.2C15H13NO7.C15H12O5.C15H14O5/c1-10-4-6-12(7-5-10)13(16(18)19-3)9-20-14-8-11(2)15(17)21-14;1-9-7-13(23-14(9)17)22-8-12(15(18)21-2)10-3-5-11(6-4-10)16(19)20;1-9-7-13(23-14(9)17)22-8-11(15(18)21-2)10-5-3-4-6-12(10)16(19)20;1-9-6-13(20-14(9)16)18-8-12-11-5-3-2-4-10(11)7-19-15(12)17;1-10-8-13(20-14(10)16)19-9-12(15(17)18-2)11-6-4-3-5-7-11/h4-9,14H,1-3H3;2*3-8,13H,1-2H3;2-6,8,13H,7H2,1H3;3-9,13H,1-2H3/b13-9+;12-8+;11-8+;12-8+;12-9+. The fraction of sp³-hybridized carbons (Fsp3) is 0.211. The number of ether oxygens (including phenoxy) is 15. The molecule has 0 aliphatic carbocycles. The van der Waals surface area contributed by atoms with Crippen LogP contribution in [0.1, 0.15) is 73.6 Å². The lowest BCUT2D eigenvalue weighted by Crippen LogP contribution is -2.17. The zero-order chi connectivity index (χ0) is 78.0. The highest BCUT2D eigenvalue weighted by Crippen LogP contribution is 2.31. The number of fused-ring (bicyclic) bond motifs is 1. The Kier molecular flexibility index (Phi) is 28.8. The SMILES string of the molecule is CC1=CC(O/C=C2/C(=O)OCc3ccccc32)OC1=O.COC(=O)/C(=C/OC1C=C(C)C(=O)O1)c1ccc(C)cc1.COC(=O)/C(=C/OC1C=C(C)C(=O)O1)c1ccc([N+](=O)[O-])cc1.COC(=O)/C(=C/OC1C=C(C)C(=O)O1)c1ccccc1.COC(=O)/C(=C/OC1C=C(C)C(=O)O1)c1ccccc1[N+](=O)[O-]. The molecule has 6 aliphatic rings. The summed E-state index contributed by atoms with van der Waals surface area (Å²) < 4.78 is 74.8. The van der Waals surface area contributed by atoms with Gasteiger partial charge in [-0.15, -0.1) is 0 Å². The molecule has 5 aromatic rings. The van der Waals surface area contributed by atoms with Gasteiger partial charge in [0.2, 0.25) is 0 Å². The van der Waals surface area contributed by atoms with E-state index < -0.39 is 101 Å². The molecule has 0 saturated carbocycles. The first-order valence-corrected chi connectivity index (χ1v) is 31.6. The van der Waals surface area contributed by atoms with Crippen molar-refractivity contribution in [2.75, 3.05) is 28.4 Å². The van der Waals surface area contributed by atoms with Gasteiger partial charge in [0.25, 0.3) is 42.8 Å². The molecule has 0 amide bonds. The number of para-hydroxylation sites is 1. The zero-order valence-corrected chi connectivity index (χ0v) is 58.7. The summed E-state index contributed by atoms with van der Waals surface area (Å²) >= 11 is 0. The molecule has 5 aromatic carbocycles. The van der Waals surface area contributed by atoms with Crippen molar-refractivity contribution >= 4 is 98.9 Å². The van der Waals surface area contributed by atoms with Crippen molar-refractivity contribution in [3.63, 3.8) is 0 Å². The molecule has 31 nitrogen and oxygen atoms in total. The summed E-state index contributed by atoms with van der Waals surface area (Å²) in [6, 6.07) is 34.7. The maximum Gasteiger partial charge on any atom is 0.342 e. The highest BCUT2D eigenvalue weighted by atomic mass is 16.7. The molecule has 5 atom stereocenters. The van der Waals surface area contributed by atoms with Crippen molar-refractivity contribution in [2.24, 2.45) is 0 Å². The van der Waals surface area contributed by atoms with E-state index in [2.05, 4.69) is 9.47 Å². The Morgan fingerprint density at radius 1 is 0.393 bits per heavy atom. The molecule has 5 unspecified atom stereocenters. The van der Waals surface area contributed by atoms with Gasteiger partial charge in [-0.25, -0.2) is 47.9 Å². The Labute approximate surface area is 609 Å². The van der Waals surface area contributed by atoms with E-state index in [1.807, 2.05) is 49.4 Å². The molecule has 556 valence electrons. The minimum atomic E-state index is -0.995. The summed E-state index contributed by atoms with van der Waals surface area (Å²) in [5.41, 5.74) is 7.02. The molecule has 0 N–H and O–H groups in total. The minimum absolute atomic E-state index is 0.0365. The first kappa shape index (κ1) is 80.3. The van der Waals surface area contributed by atoms with Gasteiger partial charge in [-0.05, 0) is 87.6 Å². The Morgan fingerprint density at radius 2 is 0.729 bits per heavy atom. The van der Waals surface area contributed by atoms with Crippen molar-refractivity contribution in [3.05, 3.63) is 276 Å². The van der Waals surface area contributed by atoms with Gasteiger partial charge >= 0.3 is 59.7 Å². The predicted octanol–water partition coefficient (Wildman–Crippen LogP) is 10.2. The van der Waals surface area contributed by atoms with Crippen LogP contribution in [0.3, 0.4) is 0 Å². The number of hydrogen-bond donors (Lipinski definition) is 0. The van der Waals surface area contributed by atoms with Crippen LogP contribution in [0.5, 0.6) is 0 Å². The Hall–Kier alpha value is -14.0. The number of hydrogen-bond acceptors (Lipinski definition) is 29. The second-order valence-corrected chi connectivity index (χ2v) is 22.5. The second kappa shape index (κ2) is 38.3. The molecule has 0 bridgehead atoms. The lowest BCUT2D eigenvalue weighted by Gasteiger charge is -2.18. The van der Waals surface area contributed by atoms with Gasteiger partial charge < -0.3 is 71.1 Å². The molecular formula is C76H68N2O29. The van der Waals surface area contributed by atoms with Crippen LogP contribution >= 0.6 is 0 Å². The highest BCUT2D eigenvalue weighted by Gasteiger charge is 2.31. The van der Waals surface area contributed by atoms with Gasteiger partial charge in [-0.1, -0.05) is 96.6 Å². The van der Waals surface area contributed by atoms with Crippen LogP contribution in [-0.2, 0) is 126 Å². The van der Waals surface area contributed by atoms with Gasteiger partial charge in [-0.2, -0.15) is 0 Å². The van der Waals surface area contributed by atoms with Crippen LogP contribution in [-0.4, -0.2) is 129 Å². The summed E-state index contributed by atoms with van der Waals surface area (Å²) in [6.07, 6.45) is 9.04. The maximum absolute atomic E-state index is 11.9. The molecule has 0 aromatic heterocycles. The van der Waals surface area contributed by atoms with E-state index in [0.29, 0.717) is 50.1 Å². The van der Waals surface area contributed by atoms with E-state index in [4.69, 9.17) is 61.6 Å². The van der Waals surface area contributed by atoms with Crippen molar-refractivity contribution in [2.45, 2.75) is 79.6 Å². The van der Waals surface area contributed by atoms with E-state index in [1.54, 1.807) is 95.3 Å². The third kappa shape index (κ3) is 22.5. The molecule has 0 fully saturated rings. The summed E-state index contributed by atoms with van der Waals surface area (Å²) in [4.78, 5) is 136. The van der Waals surface area contributed by atoms with Crippen LogP contribution in [0.2, 0.25) is 0 Å². The Bertz CT molecular complexity index is 4590. The van der Waals surface area contributed by atoms with Gasteiger partial charge in [-0.3, -0.25) is 20.2 Å². The number of benzene rings is 5. The number of rotatable bonds is 20. The Balaban J connectivity index is 0.000000187. The third-order valence-electron chi connectivity index (χ3n) is 15.0. The number of aryl methyl sites for hydroxylation is 1. The number of nitro groups is 2. The smallest absolute Gasteiger partial charge is 0.342 e. The first-order valence-electron chi connectivity index (χ1n) is 31.6. The van der Waals surface area contributed by atoms with Crippen molar-refractivity contribution in [1.29, 1.82) is 0 Å². The normalized spacial score (nSPS) is 18.7. The quantitative estimate of drug-likeness (QED) is 0.0174. The average molecular weight is 1470 g/mol. The average Bonchev–Trinajstić information content (AvgIpc) is 1.56. The van der Waals surface area contributed by atoms with E-state index in [-0.39, 0.29) is 45.8 Å². The van der Waals surface area contributed by atoms with E-state index >= 15 is 0 Å². The molecule has 107 heavy (non-hydrogen) atoms. The minimum Gasteiger partial charge on any atom is -0.465 e. The van der Waals surface area contributed by atoms with Crippen LogP contribution < -0.4 is 0 Å². The van der Waals surface area contributed by atoms with Gasteiger partial charge in [0.1, 0.15) is 65.8 Å². The molecule has 31 heteroatoms. The van der Waals surface area contributed by atoms with Gasteiger partial charge in [0.15, 0.2) is 0 Å². The molecular weight excluding hydrogens is 1400 g/mol. The van der Waals surface area contributed by atoms with E-state index in [0.717, 1.165) is 36.3 Å². The van der Waals surface area contributed by atoms with E-state index in [9.17, 15) is 68.2 Å². The van der Waals surface area contributed by atoms with Gasteiger partial charge in [0, 0.05) is 76.4 Å². The number of carbonyl (C=O) groups is 10. The van der Waals surface area contributed by atoms with Crippen LogP contribution in [0.25, 0.3) is 27.9 Å². The molecule has 0 saturated heterocycles. The number of esters is 10. The highest BCUT2D eigenvalue weighted by molar-refractivity contribution is 6.19. The molecule has 6 aliphatic heterocycles. The largest absolute Gasteiger partial charge is 0.465 e. The summed E-state index contributed by atoms with van der Waals surface area (Å²) in [5.74, 6) is -5.31. The number of cyclic esters (lactones) is 6. The molecule has 0 radical (unpaired) electrons. The number of non-ortho nitro benzene ring substituents is 1. The number of methoxy groups -OCH3 is 4. The lowest BCUT2D eigenvalue weighted by molar-refractivity contribution is -0.385. The fourth-order valence-electron chi connectivity index (χ4n) is 9.22.